The van der Waals surface area contributed by atoms with E-state index in [0.29, 0.717) is 16.9 Å². The van der Waals surface area contributed by atoms with Crippen molar-refractivity contribution in [1.82, 2.24) is 0 Å². The first kappa shape index (κ1) is 15.1. The largest absolute Gasteiger partial charge is 0.478 e. The summed E-state index contributed by atoms with van der Waals surface area (Å²) >= 11 is 0. The van der Waals surface area contributed by atoms with Crippen LogP contribution in [0.25, 0.3) is 0 Å². The summed E-state index contributed by atoms with van der Waals surface area (Å²) in [6, 6.07) is 12.9. The van der Waals surface area contributed by atoms with Gasteiger partial charge in [0.25, 0.3) is 0 Å². The van der Waals surface area contributed by atoms with Crippen LogP contribution in [-0.4, -0.2) is 11.1 Å². The topological polar surface area (TPSA) is 46.5 Å². The monoisotopic (exact) mass is 284 g/mol. The average Bonchev–Trinajstić information content (AvgIpc) is 2.37. The third-order valence-corrected chi connectivity index (χ3v) is 3.36. The van der Waals surface area contributed by atoms with Crippen LogP contribution in [0.15, 0.2) is 42.5 Å². The van der Waals surface area contributed by atoms with E-state index in [9.17, 15) is 4.79 Å². The highest BCUT2D eigenvalue weighted by molar-refractivity contribution is 5.89. The lowest BCUT2D eigenvalue weighted by atomic mass is 9.87. The Kier molecular flexibility index (Phi) is 4.03. The molecule has 3 heteroatoms. The maximum atomic E-state index is 11.0. The second-order valence-corrected chi connectivity index (χ2v) is 6.16. The Morgan fingerprint density at radius 2 is 1.71 bits per heavy atom. The normalized spacial score (nSPS) is 11.2. The average molecular weight is 284 g/mol. The van der Waals surface area contributed by atoms with E-state index in [1.807, 2.05) is 18.2 Å². The van der Waals surface area contributed by atoms with E-state index in [-0.39, 0.29) is 5.41 Å². The minimum atomic E-state index is -0.922. The Morgan fingerprint density at radius 1 is 1.05 bits per heavy atom. The first-order chi connectivity index (χ1) is 9.77. The summed E-state index contributed by atoms with van der Waals surface area (Å²) in [6.07, 6.45) is 0. The zero-order valence-corrected chi connectivity index (χ0v) is 12.8. The van der Waals surface area contributed by atoms with E-state index in [1.165, 1.54) is 5.56 Å². The van der Waals surface area contributed by atoms with Gasteiger partial charge in [-0.05, 0) is 53.8 Å². The molecule has 21 heavy (non-hydrogen) atoms. The van der Waals surface area contributed by atoms with Crippen LogP contribution in [-0.2, 0) is 5.41 Å². The van der Waals surface area contributed by atoms with Crippen molar-refractivity contribution in [3.8, 4) is 11.5 Å². The number of hydrogen-bond acceptors (Lipinski definition) is 2. The first-order valence-corrected chi connectivity index (χ1v) is 6.90. The van der Waals surface area contributed by atoms with E-state index in [1.54, 1.807) is 25.1 Å². The molecule has 0 aromatic heterocycles. The summed E-state index contributed by atoms with van der Waals surface area (Å²) in [5.74, 6) is 0.474. The summed E-state index contributed by atoms with van der Waals surface area (Å²) in [5, 5.41) is 9.03. The highest BCUT2D eigenvalue weighted by Gasteiger charge is 2.14. The number of carbonyl (C=O) groups is 1. The smallest absolute Gasteiger partial charge is 0.335 e. The van der Waals surface area contributed by atoms with E-state index >= 15 is 0 Å². The van der Waals surface area contributed by atoms with Gasteiger partial charge in [0.1, 0.15) is 11.5 Å². The summed E-state index contributed by atoms with van der Waals surface area (Å²) in [6.45, 7) is 8.22. The minimum Gasteiger partial charge on any atom is -0.478 e. The fourth-order valence-electron chi connectivity index (χ4n) is 2.10. The number of hydrogen-bond donors (Lipinski definition) is 1. The number of aryl methyl sites for hydroxylation is 1. The zero-order chi connectivity index (χ0) is 15.6. The third kappa shape index (κ3) is 3.63. The molecule has 2 aromatic carbocycles. The number of carboxylic acid groups (broad SMARTS) is 1. The van der Waals surface area contributed by atoms with Crippen molar-refractivity contribution in [2.45, 2.75) is 33.1 Å². The van der Waals surface area contributed by atoms with Crippen molar-refractivity contribution in [3.63, 3.8) is 0 Å². The Morgan fingerprint density at radius 3 is 2.29 bits per heavy atom. The van der Waals surface area contributed by atoms with Crippen molar-refractivity contribution in [1.29, 1.82) is 0 Å². The molecule has 0 spiro atoms. The molecule has 1 N–H and O–H groups in total. The van der Waals surface area contributed by atoms with Gasteiger partial charge in [-0.25, -0.2) is 4.79 Å². The van der Waals surface area contributed by atoms with Crippen LogP contribution in [0.2, 0.25) is 0 Å². The first-order valence-electron chi connectivity index (χ1n) is 6.90. The Labute approximate surface area is 125 Å². The Hall–Kier alpha value is -2.29. The molecule has 0 fully saturated rings. The van der Waals surface area contributed by atoms with Crippen LogP contribution in [0.5, 0.6) is 11.5 Å². The predicted molar refractivity (Wildman–Crippen MR) is 83.4 cm³/mol. The molecule has 3 nitrogen and oxygen atoms in total. The summed E-state index contributed by atoms with van der Waals surface area (Å²) in [7, 11) is 0. The fraction of sp³-hybridized carbons (Fsp3) is 0.278. The minimum absolute atomic E-state index is 0.0580. The van der Waals surface area contributed by atoms with Crippen molar-refractivity contribution >= 4 is 5.97 Å². The maximum Gasteiger partial charge on any atom is 0.335 e. The third-order valence-electron chi connectivity index (χ3n) is 3.36. The van der Waals surface area contributed by atoms with Gasteiger partial charge in [-0.2, -0.15) is 0 Å². The molecular weight excluding hydrogens is 264 g/mol. The van der Waals surface area contributed by atoms with Gasteiger partial charge in [-0.15, -0.1) is 0 Å². The highest BCUT2D eigenvalue weighted by Crippen LogP contribution is 2.29. The van der Waals surface area contributed by atoms with Crippen LogP contribution in [0.4, 0.5) is 0 Å². The molecular formula is C18H20O3. The van der Waals surface area contributed by atoms with E-state index in [2.05, 4.69) is 26.8 Å². The zero-order valence-electron chi connectivity index (χ0n) is 12.8. The molecule has 0 amide bonds. The fourth-order valence-corrected chi connectivity index (χ4v) is 2.10. The summed E-state index contributed by atoms with van der Waals surface area (Å²) in [4.78, 5) is 11.0. The van der Waals surface area contributed by atoms with Gasteiger partial charge < -0.3 is 9.84 Å². The molecule has 110 valence electrons. The Balaban J connectivity index is 2.27. The molecule has 2 rings (SSSR count). The maximum absolute atomic E-state index is 11.0. The van der Waals surface area contributed by atoms with Gasteiger partial charge in [-0.3, -0.25) is 0 Å². The van der Waals surface area contributed by atoms with Crippen molar-refractivity contribution in [3.05, 3.63) is 59.2 Å². The SMILES string of the molecule is Cc1cc(Oc2cccc(C(C)(C)C)c2)ccc1C(=O)O. The van der Waals surface area contributed by atoms with E-state index in [4.69, 9.17) is 9.84 Å². The standard InChI is InChI=1S/C18H20O3/c1-12-10-15(8-9-16(12)17(19)20)21-14-7-5-6-13(11-14)18(2,3)4/h5-11H,1-4H3,(H,19,20). The van der Waals surface area contributed by atoms with Gasteiger partial charge in [0.15, 0.2) is 0 Å². The number of benzene rings is 2. The quantitative estimate of drug-likeness (QED) is 0.882. The molecule has 0 heterocycles. The molecule has 0 saturated heterocycles. The van der Waals surface area contributed by atoms with Crippen LogP contribution < -0.4 is 4.74 Å². The van der Waals surface area contributed by atoms with Crippen LogP contribution in [0.1, 0.15) is 42.3 Å². The second kappa shape index (κ2) is 5.60. The molecule has 0 atom stereocenters. The molecule has 2 aromatic rings. The van der Waals surface area contributed by atoms with Gasteiger partial charge in [-0.1, -0.05) is 32.9 Å². The number of aromatic carboxylic acids is 1. The van der Waals surface area contributed by atoms with Gasteiger partial charge in [0, 0.05) is 0 Å². The summed E-state index contributed by atoms with van der Waals surface area (Å²) < 4.78 is 5.84. The van der Waals surface area contributed by atoms with Crippen molar-refractivity contribution < 1.29 is 14.6 Å². The molecule has 0 saturated carbocycles. The van der Waals surface area contributed by atoms with E-state index < -0.39 is 5.97 Å². The molecule has 0 unspecified atom stereocenters. The van der Waals surface area contributed by atoms with Crippen molar-refractivity contribution in [2.24, 2.45) is 0 Å². The number of rotatable bonds is 3. The van der Waals surface area contributed by atoms with Crippen molar-refractivity contribution in [2.75, 3.05) is 0 Å². The molecule has 0 aliphatic heterocycles. The van der Waals surface area contributed by atoms with Gasteiger partial charge in [0.2, 0.25) is 0 Å². The second-order valence-electron chi connectivity index (χ2n) is 6.16. The number of ether oxygens (including phenoxy) is 1. The number of carboxylic acids is 1. The van der Waals surface area contributed by atoms with E-state index in [0.717, 1.165) is 5.75 Å². The lowest BCUT2D eigenvalue weighted by Gasteiger charge is -2.19. The molecule has 0 aliphatic carbocycles. The van der Waals surface area contributed by atoms with Gasteiger partial charge >= 0.3 is 5.97 Å². The lowest BCUT2D eigenvalue weighted by molar-refractivity contribution is 0.0696. The molecule has 0 bridgehead atoms. The summed E-state index contributed by atoms with van der Waals surface area (Å²) in [5.41, 5.74) is 2.24. The highest BCUT2D eigenvalue weighted by atomic mass is 16.5. The Bertz CT molecular complexity index is 666. The molecule has 0 aliphatic rings. The lowest BCUT2D eigenvalue weighted by Crippen LogP contribution is -2.10. The van der Waals surface area contributed by atoms with Crippen LogP contribution in [0.3, 0.4) is 0 Å². The van der Waals surface area contributed by atoms with Crippen LogP contribution in [0, 0.1) is 6.92 Å². The van der Waals surface area contributed by atoms with Crippen LogP contribution >= 0.6 is 0 Å². The predicted octanol–water partition coefficient (Wildman–Crippen LogP) is 4.78. The van der Waals surface area contributed by atoms with Gasteiger partial charge in [0.05, 0.1) is 5.56 Å². The molecule has 0 radical (unpaired) electrons.